The fourth-order valence-electron chi connectivity index (χ4n) is 3.02. The van der Waals surface area contributed by atoms with Crippen molar-refractivity contribution in [3.8, 4) is 0 Å². The molecular weight excluding hydrogens is 305 g/mol. The number of halogens is 1. The number of nitrogens with two attached hydrogens (primary N) is 1. The highest BCUT2D eigenvalue weighted by molar-refractivity contribution is 5.81. The molecule has 1 saturated heterocycles. The van der Waals surface area contributed by atoms with E-state index in [1.165, 1.54) is 10.9 Å². The van der Waals surface area contributed by atoms with Gasteiger partial charge in [-0.05, 0) is 6.42 Å². The summed E-state index contributed by atoms with van der Waals surface area (Å²) in [5.74, 6) is -0.0517. The number of nitrogens with zero attached hydrogens (tertiary/aromatic N) is 4. The van der Waals surface area contributed by atoms with E-state index in [-0.39, 0.29) is 30.0 Å². The molecular formula is C14H20FN5O3. The molecule has 0 radical (unpaired) electrons. The number of nitrogen functional groups attached to an aromatic ring is 1. The minimum Gasteiger partial charge on any atom is -0.393 e. The zero-order valence-corrected chi connectivity index (χ0v) is 12.8. The maximum Gasteiger partial charge on any atom is 0.312 e. The molecule has 1 aliphatic rings. The normalized spacial score (nSPS) is 27.8. The highest BCUT2D eigenvalue weighted by atomic mass is 19.1. The van der Waals surface area contributed by atoms with Gasteiger partial charge in [-0.15, -0.1) is 0 Å². The van der Waals surface area contributed by atoms with Gasteiger partial charge in [0.1, 0.15) is 11.8 Å². The first-order valence-electron chi connectivity index (χ1n) is 7.63. The van der Waals surface area contributed by atoms with E-state index in [2.05, 4.69) is 15.0 Å². The third kappa shape index (κ3) is 2.64. The fraction of sp³-hybridized carbons (Fsp3) is 0.643. The topological polar surface area (TPSA) is 119 Å². The smallest absolute Gasteiger partial charge is 0.312 e. The van der Waals surface area contributed by atoms with Gasteiger partial charge in [0, 0.05) is 6.42 Å². The van der Waals surface area contributed by atoms with E-state index in [1.54, 1.807) is 0 Å². The van der Waals surface area contributed by atoms with Crippen molar-refractivity contribution < 1.29 is 19.3 Å². The number of fused-ring (bicyclic) bond motifs is 1. The van der Waals surface area contributed by atoms with Gasteiger partial charge in [-0.3, -0.25) is 4.57 Å². The summed E-state index contributed by atoms with van der Waals surface area (Å²) >= 11 is 0. The molecule has 0 saturated carbocycles. The molecule has 0 aliphatic carbocycles. The van der Waals surface area contributed by atoms with Crippen molar-refractivity contribution in [1.82, 2.24) is 19.5 Å². The molecule has 2 aromatic heterocycles. The summed E-state index contributed by atoms with van der Waals surface area (Å²) in [5, 5.41) is 20.1. The van der Waals surface area contributed by atoms with Gasteiger partial charge in [0.2, 0.25) is 0 Å². The molecule has 126 valence electrons. The van der Waals surface area contributed by atoms with Gasteiger partial charge in [0.15, 0.2) is 17.0 Å². The Hall–Kier alpha value is -1.84. The Bertz CT molecular complexity index is 709. The van der Waals surface area contributed by atoms with Gasteiger partial charge in [-0.1, -0.05) is 19.8 Å². The zero-order chi connectivity index (χ0) is 16.6. The highest BCUT2D eigenvalue weighted by Gasteiger charge is 2.48. The molecule has 4 N–H and O–H groups in total. The van der Waals surface area contributed by atoms with Crippen LogP contribution >= 0.6 is 0 Å². The van der Waals surface area contributed by atoms with Crippen molar-refractivity contribution in [2.75, 3.05) is 12.3 Å². The summed E-state index contributed by atoms with van der Waals surface area (Å²) in [7, 11) is 0. The molecule has 2 aromatic rings. The minimum atomic E-state index is -1.02. The van der Waals surface area contributed by atoms with Crippen LogP contribution in [0.2, 0.25) is 0 Å². The Kier molecular flexibility index (Phi) is 4.17. The largest absolute Gasteiger partial charge is 0.393 e. The number of aliphatic hydroxyl groups is 2. The Morgan fingerprint density at radius 3 is 3.00 bits per heavy atom. The molecule has 0 unspecified atom stereocenters. The zero-order valence-electron chi connectivity index (χ0n) is 12.8. The second-order valence-corrected chi connectivity index (χ2v) is 5.85. The van der Waals surface area contributed by atoms with Crippen molar-refractivity contribution in [3.63, 3.8) is 0 Å². The summed E-state index contributed by atoms with van der Waals surface area (Å²) in [6.45, 7) is 1.73. The number of hydrogen-bond donors (Lipinski definition) is 3. The van der Waals surface area contributed by atoms with Crippen LogP contribution in [-0.4, -0.2) is 48.0 Å². The maximum atomic E-state index is 13.4. The molecule has 0 amide bonds. The van der Waals surface area contributed by atoms with Crippen LogP contribution in [0.1, 0.15) is 38.8 Å². The van der Waals surface area contributed by atoms with Gasteiger partial charge >= 0.3 is 6.08 Å². The van der Waals surface area contributed by atoms with Gasteiger partial charge in [0.05, 0.1) is 19.0 Å². The predicted molar refractivity (Wildman–Crippen MR) is 79.8 cm³/mol. The first-order valence-corrected chi connectivity index (χ1v) is 7.63. The van der Waals surface area contributed by atoms with Gasteiger partial charge in [-0.2, -0.15) is 14.4 Å². The van der Waals surface area contributed by atoms with Crippen LogP contribution in [0.25, 0.3) is 11.2 Å². The monoisotopic (exact) mass is 325 g/mol. The average Bonchev–Trinajstić information content (AvgIpc) is 3.07. The summed E-state index contributed by atoms with van der Waals surface area (Å²) in [6, 6.07) is 0. The number of anilines is 1. The Balaban J connectivity index is 1.94. The molecule has 3 heterocycles. The molecule has 3 rings (SSSR count). The Labute approximate surface area is 132 Å². The first kappa shape index (κ1) is 16.0. The molecule has 3 atom stereocenters. The van der Waals surface area contributed by atoms with E-state index >= 15 is 0 Å². The molecule has 8 nitrogen and oxygen atoms in total. The molecule has 23 heavy (non-hydrogen) atoms. The van der Waals surface area contributed by atoms with E-state index in [0.29, 0.717) is 6.42 Å². The van der Waals surface area contributed by atoms with Gasteiger partial charge in [-0.25, -0.2) is 4.98 Å². The lowest BCUT2D eigenvalue weighted by Crippen LogP contribution is -2.43. The molecule has 9 heteroatoms. The number of hydrogen-bond acceptors (Lipinski definition) is 7. The summed E-state index contributed by atoms with van der Waals surface area (Å²) in [4.78, 5) is 11.2. The van der Waals surface area contributed by atoms with Crippen LogP contribution in [0.3, 0.4) is 0 Å². The second-order valence-electron chi connectivity index (χ2n) is 5.85. The third-order valence-corrected chi connectivity index (χ3v) is 4.36. The van der Waals surface area contributed by atoms with Crippen LogP contribution in [0.5, 0.6) is 0 Å². The van der Waals surface area contributed by atoms with Gasteiger partial charge < -0.3 is 20.7 Å². The van der Waals surface area contributed by atoms with Crippen molar-refractivity contribution in [2.24, 2.45) is 0 Å². The lowest BCUT2D eigenvalue weighted by molar-refractivity contribution is -0.131. The summed E-state index contributed by atoms with van der Waals surface area (Å²) < 4.78 is 20.9. The summed E-state index contributed by atoms with van der Waals surface area (Å²) in [6.07, 6.45) is 1.58. The van der Waals surface area contributed by atoms with Crippen LogP contribution in [-0.2, 0) is 4.74 Å². The van der Waals surface area contributed by atoms with E-state index in [1.807, 2.05) is 6.92 Å². The SMILES string of the molecule is CCCC[C@]1(CO)O[C@H](n2cnc3c(N)nc(F)nc32)C[C@@H]1O. The van der Waals surface area contributed by atoms with E-state index in [4.69, 9.17) is 10.5 Å². The van der Waals surface area contributed by atoms with Crippen LogP contribution < -0.4 is 5.73 Å². The van der Waals surface area contributed by atoms with Crippen molar-refractivity contribution in [3.05, 3.63) is 12.4 Å². The van der Waals surface area contributed by atoms with E-state index in [9.17, 15) is 14.6 Å². The van der Waals surface area contributed by atoms with Crippen LogP contribution in [0, 0.1) is 6.08 Å². The lowest BCUT2D eigenvalue weighted by Gasteiger charge is -2.30. The van der Waals surface area contributed by atoms with Crippen molar-refractivity contribution in [1.29, 1.82) is 0 Å². The molecule has 0 aromatic carbocycles. The third-order valence-electron chi connectivity index (χ3n) is 4.36. The average molecular weight is 325 g/mol. The predicted octanol–water partition coefficient (Wildman–Crippen LogP) is 0.749. The lowest BCUT2D eigenvalue weighted by atomic mass is 9.91. The Morgan fingerprint density at radius 2 is 2.30 bits per heavy atom. The van der Waals surface area contributed by atoms with Gasteiger partial charge in [0.25, 0.3) is 0 Å². The number of ether oxygens (including phenoxy) is 1. The molecule has 1 fully saturated rings. The Morgan fingerprint density at radius 1 is 1.52 bits per heavy atom. The standard InChI is InChI=1S/C14H20FN5O3/c1-2-3-4-14(6-21)8(22)5-9(23-14)20-7-17-10-11(16)18-13(15)19-12(10)20/h7-9,21-22H,2-6H2,1H3,(H2,16,18,19)/t8-,9-,14+/m0/s1. The molecule has 1 aliphatic heterocycles. The van der Waals surface area contributed by atoms with E-state index in [0.717, 1.165) is 12.8 Å². The minimum absolute atomic E-state index is 0.0517. The number of rotatable bonds is 5. The van der Waals surface area contributed by atoms with E-state index < -0.39 is 24.0 Å². The van der Waals surface area contributed by atoms with Crippen molar-refractivity contribution in [2.45, 2.75) is 50.5 Å². The number of aliphatic hydroxyl groups excluding tert-OH is 2. The fourth-order valence-corrected chi connectivity index (χ4v) is 3.02. The maximum absolute atomic E-state index is 13.4. The highest BCUT2D eigenvalue weighted by Crippen LogP contribution is 2.40. The first-order chi connectivity index (χ1) is 11.0. The second kappa shape index (κ2) is 5.99. The molecule has 0 bridgehead atoms. The summed E-state index contributed by atoms with van der Waals surface area (Å²) in [5.41, 5.74) is 5.11. The van der Waals surface area contributed by atoms with Crippen molar-refractivity contribution >= 4 is 17.0 Å². The quantitative estimate of drug-likeness (QED) is 0.694. The van der Waals surface area contributed by atoms with Crippen LogP contribution in [0.4, 0.5) is 10.2 Å². The number of imidazole rings is 1. The number of unbranched alkanes of at least 4 members (excludes halogenated alkanes) is 1. The van der Waals surface area contributed by atoms with Crippen LogP contribution in [0.15, 0.2) is 6.33 Å². The number of aromatic nitrogens is 4. The molecule has 0 spiro atoms.